The average molecular weight is 450 g/mol. The monoisotopic (exact) mass is 449 g/mol. The first-order valence-electron chi connectivity index (χ1n) is 8.82. The number of rotatable bonds is 6. The van der Waals surface area contributed by atoms with Crippen molar-refractivity contribution in [3.05, 3.63) is 18.3 Å². The van der Waals surface area contributed by atoms with E-state index in [2.05, 4.69) is 4.98 Å². The Morgan fingerprint density at radius 1 is 1.36 bits per heavy atom. The average Bonchev–Trinajstić information content (AvgIpc) is 3.06. The Kier molecular flexibility index (Phi) is 6.65. The van der Waals surface area contributed by atoms with Gasteiger partial charge in [0.15, 0.2) is 9.84 Å². The lowest BCUT2D eigenvalue weighted by molar-refractivity contribution is -0.128. The molecule has 156 valence electrons. The molecule has 0 bridgehead atoms. The summed E-state index contributed by atoms with van der Waals surface area (Å²) in [6.07, 6.45) is 1.76. The van der Waals surface area contributed by atoms with Gasteiger partial charge in [0, 0.05) is 32.4 Å². The summed E-state index contributed by atoms with van der Waals surface area (Å²) < 4.78 is 54.8. The first kappa shape index (κ1) is 21.5. The number of nitrogens with zero attached hydrogens (tertiary/aromatic N) is 3. The molecule has 28 heavy (non-hydrogen) atoms. The van der Waals surface area contributed by atoms with Gasteiger partial charge in [0.25, 0.3) is 0 Å². The van der Waals surface area contributed by atoms with Crippen LogP contribution in [-0.4, -0.2) is 93.6 Å². The van der Waals surface area contributed by atoms with Gasteiger partial charge in [-0.3, -0.25) is 4.79 Å². The fourth-order valence-corrected chi connectivity index (χ4v) is 6.96. The molecule has 1 atom stereocenters. The van der Waals surface area contributed by atoms with Gasteiger partial charge in [-0.1, -0.05) is 11.8 Å². The number of morpholine rings is 1. The lowest BCUT2D eigenvalue weighted by Crippen LogP contribution is -2.40. The van der Waals surface area contributed by atoms with Crippen molar-refractivity contribution in [1.82, 2.24) is 14.2 Å². The SMILES string of the molecule is CN(C(=O)CSc1ccc(S(=O)(=O)N2CCOCC2)cn1)[C@@H]1CCS(=O)(=O)C1. The van der Waals surface area contributed by atoms with Crippen LogP contribution in [0.5, 0.6) is 0 Å². The second-order valence-corrected chi connectivity index (χ2v) is 11.9. The quantitative estimate of drug-likeness (QED) is 0.551. The molecular formula is C16H23N3O6S3. The summed E-state index contributed by atoms with van der Waals surface area (Å²) in [4.78, 5) is 18.1. The third kappa shape index (κ3) is 5.03. The van der Waals surface area contributed by atoms with Crippen LogP contribution < -0.4 is 0 Å². The van der Waals surface area contributed by atoms with Crippen molar-refractivity contribution in [2.45, 2.75) is 22.4 Å². The molecule has 0 unspecified atom stereocenters. The van der Waals surface area contributed by atoms with Gasteiger partial charge in [0.05, 0.1) is 35.5 Å². The molecule has 2 fully saturated rings. The molecule has 2 saturated heterocycles. The minimum Gasteiger partial charge on any atom is -0.379 e. The summed E-state index contributed by atoms with van der Waals surface area (Å²) in [5.74, 6) is 0.0455. The predicted octanol–water partition coefficient (Wildman–Crippen LogP) is -0.160. The number of aromatic nitrogens is 1. The van der Waals surface area contributed by atoms with Gasteiger partial charge in [0.1, 0.15) is 4.90 Å². The van der Waals surface area contributed by atoms with Crippen LogP contribution in [0.3, 0.4) is 0 Å². The van der Waals surface area contributed by atoms with Gasteiger partial charge < -0.3 is 9.64 Å². The predicted molar refractivity (Wildman–Crippen MR) is 104 cm³/mol. The van der Waals surface area contributed by atoms with Crippen LogP contribution in [0, 0.1) is 0 Å². The Bertz CT molecular complexity index is 911. The van der Waals surface area contributed by atoms with E-state index in [0.717, 1.165) is 0 Å². The number of pyridine rings is 1. The third-order valence-electron chi connectivity index (χ3n) is 4.81. The normalized spacial score (nSPS) is 22.8. The van der Waals surface area contributed by atoms with Gasteiger partial charge in [-0.25, -0.2) is 21.8 Å². The molecular weight excluding hydrogens is 426 g/mol. The fourth-order valence-electron chi connectivity index (χ4n) is 3.06. The standard InChI is InChI=1S/C16H23N3O6S3/c1-18(13-4-9-27(21,22)12-13)16(20)11-26-15-3-2-14(10-17-15)28(23,24)19-5-7-25-8-6-19/h2-3,10,13H,4-9,11-12H2,1H3/t13-/m1/s1. The van der Waals surface area contributed by atoms with E-state index < -0.39 is 19.9 Å². The van der Waals surface area contributed by atoms with E-state index in [0.29, 0.717) is 37.8 Å². The Labute approximate surface area is 169 Å². The van der Waals surface area contributed by atoms with Crippen molar-refractivity contribution in [3.8, 4) is 0 Å². The van der Waals surface area contributed by atoms with Gasteiger partial charge in [-0.15, -0.1) is 0 Å². The van der Waals surface area contributed by atoms with Crippen molar-refractivity contribution in [2.75, 3.05) is 50.6 Å². The second-order valence-electron chi connectivity index (χ2n) is 6.70. The van der Waals surface area contributed by atoms with E-state index >= 15 is 0 Å². The molecule has 2 aliphatic heterocycles. The van der Waals surface area contributed by atoms with Gasteiger partial charge in [-0.05, 0) is 18.6 Å². The van der Waals surface area contributed by atoms with Crippen LogP contribution in [0.2, 0.25) is 0 Å². The summed E-state index contributed by atoms with van der Waals surface area (Å²) in [5, 5.41) is 0.529. The molecule has 1 aromatic heterocycles. The van der Waals surface area contributed by atoms with E-state index in [1.165, 1.54) is 33.2 Å². The van der Waals surface area contributed by atoms with Crippen molar-refractivity contribution < 1.29 is 26.4 Å². The molecule has 1 aromatic rings. The van der Waals surface area contributed by atoms with E-state index in [1.54, 1.807) is 13.1 Å². The number of ether oxygens (including phenoxy) is 1. The largest absolute Gasteiger partial charge is 0.379 e. The fraction of sp³-hybridized carbons (Fsp3) is 0.625. The summed E-state index contributed by atoms with van der Waals surface area (Å²) in [5.41, 5.74) is 0. The van der Waals surface area contributed by atoms with Crippen LogP contribution >= 0.6 is 11.8 Å². The van der Waals surface area contributed by atoms with Crippen LogP contribution in [0.25, 0.3) is 0 Å². The van der Waals surface area contributed by atoms with Gasteiger partial charge in [0.2, 0.25) is 15.9 Å². The first-order chi connectivity index (χ1) is 13.2. The zero-order chi connectivity index (χ0) is 20.4. The molecule has 1 amide bonds. The van der Waals surface area contributed by atoms with E-state index in [1.807, 2.05) is 0 Å². The van der Waals surface area contributed by atoms with Crippen molar-refractivity contribution in [2.24, 2.45) is 0 Å². The molecule has 0 spiro atoms. The molecule has 0 aromatic carbocycles. The van der Waals surface area contributed by atoms with Crippen LogP contribution in [0.15, 0.2) is 28.3 Å². The maximum absolute atomic E-state index is 12.6. The van der Waals surface area contributed by atoms with Crippen LogP contribution in [-0.2, 0) is 29.4 Å². The molecule has 0 radical (unpaired) electrons. The van der Waals surface area contributed by atoms with Crippen LogP contribution in [0.4, 0.5) is 0 Å². The zero-order valence-corrected chi connectivity index (χ0v) is 17.9. The number of carbonyl (C=O) groups is 1. The number of sulfone groups is 1. The molecule has 3 heterocycles. The number of carbonyl (C=O) groups excluding carboxylic acids is 1. The Hall–Kier alpha value is -1.21. The lowest BCUT2D eigenvalue weighted by Gasteiger charge is -2.25. The number of thioether (sulfide) groups is 1. The van der Waals surface area contributed by atoms with Gasteiger partial charge >= 0.3 is 0 Å². The highest BCUT2D eigenvalue weighted by Crippen LogP contribution is 2.22. The molecule has 0 aliphatic carbocycles. The topological polar surface area (TPSA) is 114 Å². The Balaban J connectivity index is 1.56. The number of hydrogen-bond acceptors (Lipinski definition) is 8. The van der Waals surface area contributed by atoms with E-state index in [9.17, 15) is 21.6 Å². The molecule has 2 aliphatic rings. The maximum Gasteiger partial charge on any atom is 0.244 e. The number of amides is 1. The number of hydrogen-bond donors (Lipinski definition) is 0. The van der Waals surface area contributed by atoms with Crippen molar-refractivity contribution in [1.29, 1.82) is 0 Å². The minimum atomic E-state index is -3.60. The lowest BCUT2D eigenvalue weighted by atomic mass is 10.2. The molecule has 3 rings (SSSR count). The van der Waals surface area contributed by atoms with E-state index in [4.69, 9.17) is 4.74 Å². The molecule has 12 heteroatoms. The number of sulfonamides is 1. The highest BCUT2D eigenvalue weighted by Gasteiger charge is 2.32. The summed E-state index contributed by atoms with van der Waals surface area (Å²) in [6, 6.07) is 2.77. The van der Waals surface area contributed by atoms with E-state index in [-0.39, 0.29) is 34.1 Å². The molecule has 0 saturated carbocycles. The summed E-state index contributed by atoms with van der Waals surface area (Å²) in [6.45, 7) is 1.38. The zero-order valence-electron chi connectivity index (χ0n) is 15.5. The Morgan fingerprint density at radius 3 is 2.64 bits per heavy atom. The smallest absolute Gasteiger partial charge is 0.244 e. The van der Waals surface area contributed by atoms with Crippen molar-refractivity contribution in [3.63, 3.8) is 0 Å². The highest BCUT2D eigenvalue weighted by atomic mass is 32.2. The first-order valence-corrected chi connectivity index (χ1v) is 13.1. The Morgan fingerprint density at radius 2 is 2.07 bits per heavy atom. The van der Waals surface area contributed by atoms with Crippen molar-refractivity contribution >= 4 is 37.5 Å². The summed E-state index contributed by atoms with van der Waals surface area (Å²) in [7, 11) is -5.04. The second kappa shape index (κ2) is 8.66. The van der Waals surface area contributed by atoms with Gasteiger partial charge in [-0.2, -0.15) is 4.31 Å². The summed E-state index contributed by atoms with van der Waals surface area (Å²) >= 11 is 1.19. The molecule has 0 N–H and O–H groups in total. The minimum absolute atomic E-state index is 0.00620. The van der Waals surface area contributed by atoms with Crippen LogP contribution in [0.1, 0.15) is 6.42 Å². The third-order valence-corrected chi connectivity index (χ3v) is 9.37. The molecule has 9 nitrogen and oxygen atoms in total. The maximum atomic E-state index is 12.6. The highest BCUT2D eigenvalue weighted by molar-refractivity contribution is 7.99.